The first-order valence-corrected chi connectivity index (χ1v) is 28.4. The van der Waals surface area contributed by atoms with Crippen molar-refractivity contribution >= 4 is 17.9 Å². The molecule has 398 valence electrons. The van der Waals surface area contributed by atoms with E-state index in [0.717, 1.165) is 135 Å². The van der Waals surface area contributed by atoms with Gasteiger partial charge in [0.15, 0.2) is 6.10 Å². The van der Waals surface area contributed by atoms with Gasteiger partial charge in [0.2, 0.25) is 0 Å². The molecule has 0 aliphatic heterocycles. The highest BCUT2D eigenvalue weighted by molar-refractivity contribution is 5.71. The van der Waals surface area contributed by atoms with Crippen LogP contribution in [0.2, 0.25) is 0 Å². The Hall–Kier alpha value is -4.71. The highest BCUT2D eigenvalue weighted by Gasteiger charge is 2.19. The lowest BCUT2D eigenvalue weighted by Gasteiger charge is -2.18. The SMILES string of the molecule is CC/C=C\C/C=C\C/C=C\C/C=C\C/C=C\C/C=C\CCC(=O)OCC(COC(=O)CCCCCCCC/C=C\C=C/CCCCC)OC(=O)CCCCCCCC/C=C\C/C=C\C/C=C\C/C=C\CC. The maximum Gasteiger partial charge on any atom is 0.306 e. The minimum absolute atomic E-state index is 0.119. The summed E-state index contributed by atoms with van der Waals surface area (Å²) in [6, 6.07) is 0. The fourth-order valence-corrected chi connectivity index (χ4v) is 7.15. The van der Waals surface area contributed by atoms with Crippen molar-refractivity contribution in [1.82, 2.24) is 0 Å². The van der Waals surface area contributed by atoms with E-state index >= 15 is 0 Å². The molecule has 0 amide bonds. The number of carbonyl (C=O) groups is 3. The van der Waals surface area contributed by atoms with Crippen molar-refractivity contribution in [3.8, 4) is 0 Å². The molecule has 0 radical (unpaired) electrons. The summed E-state index contributed by atoms with van der Waals surface area (Å²) in [5, 5.41) is 0. The van der Waals surface area contributed by atoms with E-state index in [1.54, 1.807) is 0 Å². The van der Waals surface area contributed by atoms with Gasteiger partial charge in [0.25, 0.3) is 0 Å². The van der Waals surface area contributed by atoms with Gasteiger partial charge >= 0.3 is 17.9 Å². The highest BCUT2D eigenvalue weighted by Crippen LogP contribution is 2.13. The largest absolute Gasteiger partial charge is 0.462 e. The van der Waals surface area contributed by atoms with E-state index in [0.29, 0.717) is 12.8 Å². The molecule has 71 heavy (non-hydrogen) atoms. The van der Waals surface area contributed by atoms with Crippen LogP contribution in [0.3, 0.4) is 0 Å². The molecule has 0 bridgehead atoms. The number of hydrogen-bond acceptors (Lipinski definition) is 6. The lowest BCUT2D eigenvalue weighted by Crippen LogP contribution is -2.30. The van der Waals surface area contributed by atoms with Crippen molar-refractivity contribution in [1.29, 1.82) is 0 Å². The molecule has 0 rings (SSSR count). The fraction of sp³-hybridized carbons (Fsp3) is 0.585. The zero-order valence-electron chi connectivity index (χ0n) is 45.4. The smallest absolute Gasteiger partial charge is 0.306 e. The monoisotopic (exact) mass is 979 g/mol. The van der Waals surface area contributed by atoms with Crippen molar-refractivity contribution in [2.24, 2.45) is 0 Å². The first-order chi connectivity index (χ1) is 35.0. The van der Waals surface area contributed by atoms with Gasteiger partial charge in [0.1, 0.15) is 13.2 Å². The molecule has 6 nitrogen and oxygen atoms in total. The predicted octanol–water partition coefficient (Wildman–Crippen LogP) is 19.2. The van der Waals surface area contributed by atoms with Crippen molar-refractivity contribution in [2.75, 3.05) is 13.2 Å². The van der Waals surface area contributed by atoms with Gasteiger partial charge in [-0.25, -0.2) is 0 Å². The summed E-state index contributed by atoms with van der Waals surface area (Å²) in [7, 11) is 0. The normalized spacial score (nSPS) is 13.2. The van der Waals surface area contributed by atoms with Crippen LogP contribution < -0.4 is 0 Å². The molecule has 1 unspecified atom stereocenters. The lowest BCUT2D eigenvalue weighted by atomic mass is 10.1. The van der Waals surface area contributed by atoms with Crippen LogP contribution in [0.4, 0.5) is 0 Å². The van der Waals surface area contributed by atoms with E-state index in [1.807, 2.05) is 12.2 Å². The van der Waals surface area contributed by atoms with E-state index in [4.69, 9.17) is 14.2 Å². The van der Waals surface area contributed by atoms with Crippen molar-refractivity contribution in [3.05, 3.63) is 146 Å². The number of rotatable bonds is 49. The molecule has 0 aromatic carbocycles. The van der Waals surface area contributed by atoms with Crippen molar-refractivity contribution in [3.63, 3.8) is 0 Å². The Morgan fingerprint density at radius 2 is 0.620 bits per heavy atom. The summed E-state index contributed by atoms with van der Waals surface area (Å²) in [6.07, 6.45) is 82.7. The van der Waals surface area contributed by atoms with E-state index in [9.17, 15) is 14.4 Å². The maximum atomic E-state index is 12.9. The molecule has 0 aromatic rings. The van der Waals surface area contributed by atoms with Gasteiger partial charge in [-0.1, -0.05) is 231 Å². The molecule has 6 heteroatoms. The molecule has 0 saturated heterocycles. The highest BCUT2D eigenvalue weighted by atomic mass is 16.6. The Bertz CT molecular complexity index is 1590. The maximum absolute atomic E-state index is 12.9. The topological polar surface area (TPSA) is 78.9 Å². The fourth-order valence-electron chi connectivity index (χ4n) is 7.15. The summed E-state index contributed by atoms with van der Waals surface area (Å²) in [5.41, 5.74) is 0. The summed E-state index contributed by atoms with van der Waals surface area (Å²) >= 11 is 0. The second kappa shape index (κ2) is 57.9. The van der Waals surface area contributed by atoms with E-state index in [-0.39, 0.29) is 44.0 Å². The van der Waals surface area contributed by atoms with Gasteiger partial charge in [0, 0.05) is 19.3 Å². The van der Waals surface area contributed by atoms with Gasteiger partial charge < -0.3 is 14.2 Å². The Kier molecular flexibility index (Phi) is 54.0. The molecule has 0 spiro atoms. The molecule has 0 aliphatic carbocycles. The van der Waals surface area contributed by atoms with Gasteiger partial charge in [0.05, 0.1) is 0 Å². The second-order valence-corrected chi connectivity index (χ2v) is 18.1. The van der Waals surface area contributed by atoms with Gasteiger partial charge in [-0.3, -0.25) is 14.4 Å². The standard InChI is InChI=1S/C65H102O6/c1-4-7-10-13-16-19-22-25-28-30-32-34-37-40-43-46-49-52-55-58-64(67)70-61-62(60-69-63(66)57-54-51-48-45-42-39-36-27-24-21-18-15-12-9-6-3)71-65(68)59-56-53-50-47-44-41-38-35-33-31-29-26-23-20-17-14-11-8-5-2/h7-8,10-11,16-21,24-29,32-35,40,43,49,52,62H,4-6,9,12-15,22-23,30-31,36-39,41-42,44-48,50-51,53-61H2,1-3H3/b10-7-,11-8-,19-16-,20-17-,21-18-,27-24-,28-25-,29-26-,34-32-,35-33-,43-40-,52-49-. The average Bonchev–Trinajstić information content (AvgIpc) is 3.37. The number of ether oxygens (including phenoxy) is 3. The molecule has 0 aromatic heterocycles. The van der Waals surface area contributed by atoms with Crippen LogP contribution in [0.25, 0.3) is 0 Å². The molecular weight excluding hydrogens is 877 g/mol. The molecule has 1 atom stereocenters. The third kappa shape index (κ3) is 56.1. The van der Waals surface area contributed by atoms with Crippen molar-refractivity contribution < 1.29 is 28.6 Å². The molecule has 0 heterocycles. The molecule has 0 aliphatic rings. The molecule has 0 N–H and O–H groups in total. The van der Waals surface area contributed by atoms with Crippen LogP contribution in [-0.2, 0) is 28.6 Å². The Morgan fingerprint density at radius 1 is 0.310 bits per heavy atom. The number of unbranched alkanes of at least 4 members (excludes halogenated alkanes) is 15. The van der Waals surface area contributed by atoms with Crippen molar-refractivity contribution in [2.45, 2.75) is 232 Å². The van der Waals surface area contributed by atoms with Crippen LogP contribution in [0.15, 0.2) is 146 Å². The predicted molar refractivity (Wildman–Crippen MR) is 306 cm³/mol. The lowest BCUT2D eigenvalue weighted by molar-refractivity contribution is -0.166. The minimum Gasteiger partial charge on any atom is -0.462 e. The minimum atomic E-state index is -0.828. The summed E-state index contributed by atoms with van der Waals surface area (Å²) in [6.45, 7) is 6.28. The van der Waals surface area contributed by atoms with E-state index in [1.165, 1.54) is 44.9 Å². The van der Waals surface area contributed by atoms with Gasteiger partial charge in [-0.2, -0.15) is 0 Å². The number of allylic oxidation sites excluding steroid dienone is 24. The summed E-state index contributed by atoms with van der Waals surface area (Å²) < 4.78 is 16.8. The van der Waals surface area contributed by atoms with Crippen LogP contribution in [0.1, 0.15) is 226 Å². The Morgan fingerprint density at radius 3 is 1.03 bits per heavy atom. The third-order valence-electron chi connectivity index (χ3n) is 11.4. The first-order valence-electron chi connectivity index (χ1n) is 28.4. The summed E-state index contributed by atoms with van der Waals surface area (Å²) in [5.74, 6) is -1.04. The number of carbonyl (C=O) groups excluding carboxylic acids is 3. The Labute approximate surface area is 436 Å². The number of hydrogen-bond donors (Lipinski definition) is 0. The first kappa shape index (κ1) is 66.3. The quantitative estimate of drug-likeness (QED) is 0.0199. The van der Waals surface area contributed by atoms with Crippen LogP contribution in [0.5, 0.6) is 0 Å². The van der Waals surface area contributed by atoms with E-state index in [2.05, 4.69) is 154 Å². The van der Waals surface area contributed by atoms with Gasteiger partial charge in [-0.05, 0) is 122 Å². The number of esters is 3. The molecule has 0 saturated carbocycles. The van der Waals surface area contributed by atoms with Crippen LogP contribution in [-0.4, -0.2) is 37.2 Å². The van der Waals surface area contributed by atoms with Gasteiger partial charge in [-0.15, -0.1) is 0 Å². The second-order valence-electron chi connectivity index (χ2n) is 18.1. The van der Waals surface area contributed by atoms with Crippen LogP contribution in [0, 0.1) is 0 Å². The third-order valence-corrected chi connectivity index (χ3v) is 11.4. The molecular formula is C65H102O6. The van der Waals surface area contributed by atoms with E-state index < -0.39 is 6.10 Å². The summed E-state index contributed by atoms with van der Waals surface area (Å²) in [4.78, 5) is 38.1. The average molecular weight is 980 g/mol. The zero-order valence-corrected chi connectivity index (χ0v) is 45.4. The Balaban J connectivity index is 4.58. The molecule has 0 fully saturated rings. The van der Waals surface area contributed by atoms with Crippen LogP contribution >= 0.6 is 0 Å². The zero-order chi connectivity index (χ0) is 51.4.